The lowest BCUT2D eigenvalue weighted by Gasteiger charge is -2.24. The number of carbonyl (C=O) groups is 2. The summed E-state index contributed by atoms with van der Waals surface area (Å²) < 4.78 is 38.6. The Labute approximate surface area is 190 Å². The predicted octanol–water partition coefficient (Wildman–Crippen LogP) is 3.25. The maximum Gasteiger partial charge on any atom is 0.338 e. The number of ether oxygens (including phenoxy) is 2. The van der Waals surface area contributed by atoms with E-state index in [2.05, 4.69) is 5.32 Å². The molecule has 1 aliphatic heterocycles. The number of benzene rings is 1. The van der Waals surface area contributed by atoms with Gasteiger partial charge in [0.25, 0.3) is 5.91 Å². The smallest absolute Gasteiger partial charge is 0.338 e. The van der Waals surface area contributed by atoms with Crippen LogP contribution in [-0.4, -0.2) is 56.9 Å². The molecular formula is C23H34N2O6S. The van der Waals surface area contributed by atoms with E-state index in [1.807, 2.05) is 0 Å². The highest BCUT2D eigenvalue weighted by molar-refractivity contribution is 7.89. The minimum atomic E-state index is -3.83. The number of rotatable bonds is 7. The molecule has 0 aromatic heterocycles. The molecule has 3 rings (SSSR count). The lowest BCUT2D eigenvalue weighted by Crippen LogP contribution is -2.42. The van der Waals surface area contributed by atoms with Gasteiger partial charge < -0.3 is 14.8 Å². The molecule has 9 heteroatoms. The molecule has 1 unspecified atom stereocenters. The van der Waals surface area contributed by atoms with Crippen LogP contribution < -0.4 is 10.1 Å². The number of esters is 1. The third-order valence-electron chi connectivity index (χ3n) is 6.19. The Balaban J connectivity index is 1.73. The number of carbonyl (C=O) groups excluding carboxylic acids is 2. The molecule has 1 saturated heterocycles. The van der Waals surface area contributed by atoms with Crippen LogP contribution in [0.25, 0.3) is 0 Å². The van der Waals surface area contributed by atoms with Crippen LogP contribution in [0.1, 0.15) is 75.1 Å². The van der Waals surface area contributed by atoms with Gasteiger partial charge in [0.2, 0.25) is 10.0 Å². The maximum atomic E-state index is 13.3. The highest BCUT2D eigenvalue weighted by Gasteiger charge is 2.30. The molecule has 1 N–H and O–H groups in total. The molecule has 2 aliphatic rings. The van der Waals surface area contributed by atoms with Crippen LogP contribution in [0.15, 0.2) is 23.1 Å². The summed E-state index contributed by atoms with van der Waals surface area (Å²) in [6.07, 6.45) is 7.83. The molecule has 0 spiro atoms. The molecule has 8 nitrogen and oxygen atoms in total. The maximum absolute atomic E-state index is 13.3. The molecule has 1 amide bonds. The molecule has 2 fully saturated rings. The van der Waals surface area contributed by atoms with Crippen molar-refractivity contribution in [3.8, 4) is 5.75 Å². The van der Waals surface area contributed by atoms with E-state index in [1.54, 1.807) is 0 Å². The number of hydrogen-bond acceptors (Lipinski definition) is 6. The van der Waals surface area contributed by atoms with Gasteiger partial charge >= 0.3 is 5.97 Å². The number of methoxy groups -OCH3 is 1. The number of amides is 1. The summed E-state index contributed by atoms with van der Waals surface area (Å²) in [6.45, 7) is 2.41. The molecule has 178 valence electrons. The standard InChI is InChI=1S/C23H34N2O6S/c1-17(22(26)24-19-10-6-5-7-11-19)31-23(27)18-12-13-20(30-2)21(16-18)32(28,29)25-14-8-3-4-9-15-25/h12-13,16-17,19H,3-11,14-15H2,1-2H3,(H,24,26). The monoisotopic (exact) mass is 466 g/mol. The topological polar surface area (TPSA) is 102 Å². The predicted molar refractivity (Wildman–Crippen MR) is 120 cm³/mol. The first-order chi connectivity index (χ1) is 15.3. The average Bonchev–Trinajstić information content (AvgIpc) is 3.09. The van der Waals surface area contributed by atoms with Crippen molar-refractivity contribution in [1.82, 2.24) is 9.62 Å². The van der Waals surface area contributed by atoms with Gasteiger partial charge in [-0.15, -0.1) is 0 Å². The van der Waals surface area contributed by atoms with E-state index >= 15 is 0 Å². The Kier molecular flexibility index (Phi) is 8.53. The van der Waals surface area contributed by atoms with E-state index in [4.69, 9.17) is 9.47 Å². The Bertz CT molecular complexity index is 903. The van der Waals surface area contributed by atoms with Gasteiger partial charge in [0.15, 0.2) is 6.10 Å². The van der Waals surface area contributed by atoms with Crippen molar-refractivity contribution in [3.63, 3.8) is 0 Å². The van der Waals surface area contributed by atoms with Crippen LogP contribution in [0.3, 0.4) is 0 Å². The summed E-state index contributed by atoms with van der Waals surface area (Å²) >= 11 is 0. The number of nitrogens with zero attached hydrogens (tertiary/aromatic N) is 1. The molecular weight excluding hydrogens is 432 g/mol. The van der Waals surface area contributed by atoms with Crippen LogP contribution in [0.4, 0.5) is 0 Å². The molecule has 0 bridgehead atoms. The Morgan fingerprint density at radius 2 is 1.66 bits per heavy atom. The highest BCUT2D eigenvalue weighted by atomic mass is 32.2. The lowest BCUT2D eigenvalue weighted by molar-refractivity contribution is -0.130. The molecule has 1 aromatic carbocycles. The second-order valence-electron chi connectivity index (χ2n) is 8.57. The second-order valence-corrected chi connectivity index (χ2v) is 10.5. The molecule has 1 saturated carbocycles. The lowest BCUT2D eigenvalue weighted by atomic mass is 9.95. The average molecular weight is 467 g/mol. The summed E-state index contributed by atoms with van der Waals surface area (Å²) in [5.74, 6) is -0.906. The normalized spacial score (nSPS) is 19.6. The minimum Gasteiger partial charge on any atom is -0.495 e. The van der Waals surface area contributed by atoms with Gasteiger partial charge in [-0.2, -0.15) is 4.31 Å². The summed E-state index contributed by atoms with van der Waals surface area (Å²) in [7, 11) is -2.43. The van der Waals surface area contributed by atoms with Crippen molar-refractivity contribution < 1.29 is 27.5 Å². The zero-order chi connectivity index (χ0) is 23.1. The first kappa shape index (κ1) is 24.5. The fourth-order valence-electron chi connectivity index (χ4n) is 4.27. The minimum absolute atomic E-state index is 0.0596. The fourth-order valence-corrected chi connectivity index (χ4v) is 5.97. The van der Waals surface area contributed by atoms with Crippen LogP contribution >= 0.6 is 0 Å². The van der Waals surface area contributed by atoms with E-state index in [-0.39, 0.29) is 28.2 Å². The van der Waals surface area contributed by atoms with Crippen LogP contribution in [0.5, 0.6) is 5.75 Å². The van der Waals surface area contributed by atoms with Gasteiger partial charge in [-0.25, -0.2) is 13.2 Å². The van der Waals surface area contributed by atoms with Gasteiger partial charge in [-0.3, -0.25) is 4.79 Å². The summed E-state index contributed by atoms with van der Waals surface area (Å²) in [6, 6.07) is 4.30. The zero-order valence-corrected chi connectivity index (χ0v) is 19.8. The van der Waals surface area contributed by atoms with E-state index in [0.29, 0.717) is 13.1 Å². The fraction of sp³-hybridized carbons (Fsp3) is 0.652. The number of sulfonamides is 1. The number of nitrogens with one attached hydrogen (secondary N) is 1. The van der Waals surface area contributed by atoms with Crippen molar-refractivity contribution in [2.75, 3.05) is 20.2 Å². The summed E-state index contributed by atoms with van der Waals surface area (Å²) in [5, 5.41) is 2.94. The zero-order valence-electron chi connectivity index (χ0n) is 19.0. The van der Waals surface area contributed by atoms with Crippen molar-refractivity contribution in [2.45, 2.75) is 81.8 Å². The first-order valence-corrected chi connectivity index (χ1v) is 13.0. The second kappa shape index (κ2) is 11.1. The van der Waals surface area contributed by atoms with Crippen molar-refractivity contribution in [3.05, 3.63) is 23.8 Å². The van der Waals surface area contributed by atoms with E-state index in [0.717, 1.165) is 51.4 Å². The highest BCUT2D eigenvalue weighted by Crippen LogP contribution is 2.30. The summed E-state index contributed by atoms with van der Waals surface area (Å²) in [5.41, 5.74) is 0.0662. The Hall–Kier alpha value is -2.13. The van der Waals surface area contributed by atoms with Crippen molar-refractivity contribution in [2.24, 2.45) is 0 Å². The van der Waals surface area contributed by atoms with Crippen LogP contribution in [0, 0.1) is 0 Å². The van der Waals surface area contributed by atoms with E-state index in [9.17, 15) is 18.0 Å². The molecule has 32 heavy (non-hydrogen) atoms. The van der Waals surface area contributed by atoms with Gasteiger partial charge in [0.1, 0.15) is 10.6 Å². The molecule has 1 heterocycles. The van der Waals surface area contributed by atoms with Gasteiger partial charge in [0, 0.05) is 19.1 Å². The van der Waals surface area contributed by atoms with E-state index < -0.39 is 22.1 Å². The SMILES string of the molecule is COc1ccc(C(=O)OC(C)C(=O)NC2CCCCC2)cc1S(=O)(=O)N1CCCCCC1. The van der Waals surface area contributed by atoms with Gasteiger partial charge in [-0.05, 0) is 50.8 Å². The van der Waals surface area contributed by atoms with Crippen molar-refractivity contribution in [1.29, 1.82) is 0 Å². The third-order valence-corrected chi connectivity index (χ3v) is 8.11. The Morgan fingerprint density at radius 1 is 1.03 bits per heavy atom. The quantitative estimate of drug-likeness (QED) is 0.619. The third kappa shape index (κ3) is 6.01. The summed E-state index contributed by atoms with van der Waals surface area (Å²) in [4.78, 5) is 25.1. The molecule has 0 radical (unpaired) electrons. The van der Waals surface area contributed by atoms with Crippen LogP contribution in [-0.2, 0) is 19.6 Å². The van der Waals surface area contributed by atoms with Gasteiger partial charge in [0.05, 0.1) is 12.7 Å². The molecule has 1 atom stereocenters. The number of hydrogen-bond donors (Lipinski definition) is 1. The van der Waals surface area contributed by atoms with Gasteiger partial charge in [-0.1, -0.05) is 32.1 Å². The largest absolute Gasteiger partial charge is 0.495 e. The molecule has 1 aromatic rings. The molecule has 1 aliphatic carbocycles. The Morgan fingerprint density at radius 3 is 2.28 bits per heavy atom. The van der Waals surface area contributed by atoms with Crippen molar-refractivity contribution >= 4 is 21.9 Å². The van der Waals surface area contributed by atoms with Crippen LogP contribution in [0.2, 0.25) is 0 Å². The first-order valence-electron chi connectivity index (χ1n) is 11.5. The van der Waals surface area contributed by atoms with E-state index in [1.165, 1.54) is 43.0 Å².